The van der Waals surface area contributed by atoms with E-state index >= 15 is 0 Å². The van der Waals surface area contributed by atoms with Crippen LogP contribution in [-0.4, -0.2) is 19.1 Å². The molecule has 0 spiro atoms. The minimum atomic E-state index is 0.593. The molecule has 0 aliphatic carbocycles. The Kier molecular flexibility index (Phi) is 8.15. The number of fused-ring (bicyclic) bond motifs is 6. The predicted octanol–water partition coefficient (Wildman–Crippen LogP) is 13.8. The minimum Gasteiger partial charge on any atom is -0.309 e. The van der Waals surface area contributed by atoms with E-state index in [9.17, 15) is 5.26 Å². The van der Waals surface area contributed by atoms with Crippen molar-refractivity contribution in [2.24, 2.45) is 0 Å². The van der Waals surface area contributed by atoms with Crippen LogP contribution in [0.2, 0.25) is 0 Å². The zero-order valence-electron chi connectivity index (χ0n) is 32.2. The first-order valence-corrected chi connectivity index (χ1v) is 19.8. The van der Waals surface area contributed by atoms with Gasteiger partial charge < -0.3 is 9.13 Å². The number of nitriles is 1. The number of hydrogen-bond donors (Lipinski definition) is 0. The molecule has 8 aromatic carbocycles. The second-order valence-corrected chi connectivity index (χ2v) is 14.8. The van der Waals surface area contributed by atoms with E-state index in [1.807, 2.05) is 66.7 Å². The average Bonchev–Trinajstić information content (AvgIpc) is 3.83. The van der Waals surface area contributed by atoms with E-state index in [4.69, 9.17) is 16.5 Å². The summed E-state index contributed by atoms with van der Waals surface area (Å²) in [5.74, 6) is 0.614. The molecule has 0 aliphatic heterocycles. The zero-order chi connectivity index (χ0) is 40.2. The van der Waals surface area contributed by atoms with Crippen molar-refractivity contribution in [3.63, 3.8) is 0 Å². The Balaban J connectivity index is 1.22. The molecule has 0 saturated carbocycles. The summed E-state index contributed by atoms with van der Waals surface area (Å²) in [5, 5.41) is 14.0. The largest absolute Gasteiger partial charge is 0.309 e. The van der Waals surface area contributed by atoms with Crippen molar-refractivity contribution in [2.45, 2.75) is 0 Å². The van der Waals surface area contributed by atoms with Gasteiger partial charge in [0.2, 0.25) is 0 Å². The first-order chi connectivity index (χ1) is 29.7. The molecule has 0 aliphatic rings. The molecule has 3 heterocycles. The lowest BCUT2D eigenvalue weighted by molar-refractivity contribution is 1.15. The van der Waals surface area contributed by atoms with Gasteiger partial charge in [-0.15, -0.1) is 0 Å². The highest BCUT2D eigenvalue weighted by atomic mass is 15.0. The van der Waals surface area contributed by atoms with Crippen molar-refractivity contribution in [3.05, 3.63) is 211 Å². The number of rotatable bonds is 6. The van der Waals surface area contributed by atoms with Crippen LogP contribution >= 0.6 is 0 Å². The van der Waals surface area contributed by atoms with Crippen molar-refractivity contribution in [2.75, 3.05) is 0 Å². The fourth-order valence-corrected chi connectivity index (χ4v) is 8.66. The molecule has 0 radical (unpaired) electrons. The topological polar surface area (TPSA) is 63.8 Å². The number of hydrogen-bond acceptors (Lipinski definition) is 3. The van der Waals surface area contributed by atoms with Crippen LogP contribution in [0.5, 0.6) is 0 Å². The van der Waals surface area contributed by atoms with E-state index in [0.717, 1.165) is 94.2 Å². The second-order valence-electron chi connectivity index (χ2n) is 14.8. The Morgan fingerprint density at radius 2 is 0.967 bits per heavy atom. The van der Waals surface area contributed by atoms with Gasteiger partial charge in [0.25, 0.3) is 0 Å². The highest BCUT2D eigenvalue weighted by molar-refractivity contribution is 6.12. The molecule has 11 rings (SSSR count). The lowest BCUT2D eigenvalue weighted by atomic mass is 9.98. The van der Waals surface area contributed by atoms with Gasteiger partial charge in [-0.25, -0.2) is 14.8 Å². The Bertz CT molecular complexity index is 3510. The molecule has 0 saturated heterocycles. The Hall–Kier alpha value is -8.58. The molecule has 6 nitrogen and oxygen atoms in total. The maximum atomic E-state index is 9.86. The summed E-state index contributed by atoms with van der Waals surface area (Å²) in [5.41, 5.74) is 13.8. The van der Waals surface area contributed by atoms with E-state index in [2.05, 4.69) is 147 Å². The smallest absolute Gasteiger partial charge is 0.188 e. The normalized spacial score (nSPS) is 11.3. The first kappa shape index (κ1) is 34.7. The van der Waals surface area contributed by atoms with Crippen molar-refractivity contribution in [1.29, 1.82) is 5.26 Å². The van der Waals surface area contributed by atoms with Gasteiger partial charge in [-0.2, -0.15) is 5.26 Å². The molecule has 0 bridgehead atoms. The average molecular weight is 765 g/mol. The van der Waals surface area contributed by atoms with E-state index in [-0.39, 0.29) is 0 Å². The standard InChI is InChI=1S/C54H32N6/c1-56-39-26-29-52-45(32-39)42-20-10-13-23-50(42)60(52)53-31-38(54-57-46(36-14-4-2-5-15-36)33-47(58-54)37-16-6-3-7-17-37)25-27-43(53)40-18-8-11-21-48(40)59-49-22-12-9-19-41(49)44-30-35(34-55)24-28-51(44)59/h2-33H. The summed E-state index contributed by atoms with van der Waals surface area (Å²) in [6.45, 7) is 7.84. The summed E-state index contributed by atoms with van der Waals surface area (Å²) in [6, 6.07) is 68.6. The van der Waals surface area contributed by atoms with Crippen LogP contribution in [0.1, 0.15) is 5.56 Å². The third kappa shape index (κ3) is 5.63. The van der Waals surface area contributed by atoms with E-state index in [0.29, 0.717) is 17.1 Å². The maximum Gasteiger partial charge on any atom is 0.188 e. The third-order valence-electron chi connectivity index (χ3n) is 11.4. The van der Waals surface area contributed by atoms with Crippen LogP contribution in [0, 0.1) is 17.9 Å². The molecule has 0 amide bonds. The number of para-hydroxylation sites is 3. The zero-order valence-corrected chi connectivity index (χ0v) is 32.2. The molecule has 0 atom stereocenters. The molecule has 0 fully saturated rings. The van der Waals surface area contributed by atoms with Crippen LogP contribution in [0.25, 0.3) is 105 Å². The van der Waals surface area contributed by atoms with Crippen molar-refractivity contribution < 1.29 is 0 Å². The van der Waals surface area contributed by atoms with Gasteiger partial charge in [-0.3, -0.25) is 0 Å². The lowest BCUT2D eigenvalue weighted by Gasteiger charge is -2.19. The Labute approximate surface area is 346 Å². The first-order valence-electron chi connectivity index (χ1n) is 19.8. The third-order valence-corrected chi connectivity index (χ3v) is 11.4. The summed E-state index contributed by atoms with van der Waals surface area (Å²) in [7, 11) is 0. The SMILES string of the molecule is [C-]#[N+]c1ccc2c(c1)c1ccccc1n2-c1cc(-c2nc(-c3ccccc3)cc(-c3ccccc3)n2)ccc1-c1ccccc1-n1c2ccccc2c2cc(C#N)ccc21. The second kappa shape index (κ2) is 14.1. The summed E-state index contributed by atoms with van der Waals surface area (Å²) in [6.07, 6.45) is 0. The maximum absolute atomic E-state index is 9.86. The molecular weight excluding hydrogens is 733 g/mol. The molecule has 3 aromatic heterocycles. The lowest BCUT2D eigenvalue weighted by Crippen LogP contribution is -2.03. The van der Waals surface area contributed by atoms with E-state index < -0.39 is 0 Å². The summed E-state index contributed by atoms with van der Waals surface area (Å²) >= 11 is 0. The van der Waals surface area contributed by atoms with Crippen LogP contribution in [0.15, 0.2) is 194 Å². The van der Waals surface area contributed by atoms with Gasteiger partial charge in [-0.1, -0.05) is 133 Å². The monoisotopic (exact) mass is 764 g/mol. The quantitative estimate of drug-likeness (QED) is 0.158. The highest BCUT2D eigenvalue weighted by Crippen LogP contribution is 2.43. The van der Waals surface area contributed by atoms with E-state index in [1.165, 1.54) is 0 Å². The Morgan fingerprint density at radius 1 is 0.433 bits per heavy atom. The predicted molar refractivity (Wildman–Crippen MR) is 243 cm³/mol. The minimum absolute atomic E-state index is 0.593. The van der Waals surface area contributed by atoms with Gasteiger partial charge in [0.05, 0.1) is 63.0 Å². The van der Waals surface area contributed by atoms with Crippen LogP contribution < -0.4 is 0 Å². The van der Waals surface area contributed by atoms with Gasteiger partial charge >= 0.3 is 0 Å². The van der Waals surface area contributed by atoms with Crippen LogP contribution in [0.3, 0.4) is 0 Å². The Morgan fingerprint density at radius 3 is 1.62 bits per heavy atom. The summed E-state index contributed by atoms with van der Waals surface area (Å²) in [4.78, 5) is 14.3. The number of benzene rings is 8. The fourth-order valence-electron chi connectivity index (χ4n) is 8.66. The molecule has 60 heavy (non-hydrogen) atoms. The van der Waals surface area contributed by atoms with Gasteiger partial charge in [0.15, 0.2) is 11.5 Å². The molecule has 0 unspecified atom stereocenters. The highest BCUT2D eigenvalue weighted by Gasteiger charge is 2.22. The van der Waals surface area contributed by atoms with Gasteiger partial charge in [-0.05, 0) is 66.0 Å². The van der Waals surface area contributed by atoms with Crippen molar-refractivity contribution in [3.8, 4) is 62.5 Å². The van der Waals surface area contributed by atoms with E-state index in [1.54, 1.807) is 0 Å². The molecule has 278 valence electrons. The van der Waals surface area contributed by atoms with Crippen LogP contribution in [0.4, 0.5) is 5.69 Å². The molecule has 6 heteroatoms. The fraction of sp³-hybridized carbons (Fsp3) is 0. The van der Waals surface area contributed by atoms with Crippen molar-refractivity contribution in [1.82, 2.24) is 19.1 Å². The number of nitrogens with zero attached hydrogens (tertiary/aromatic N) is 6. The molecule has 11 aromatic rings. The van der Waals surface area contributed by atoms with Crippen LogP contribution in [-0.2, 0) is 0 Å². The molecular formula is C54H32N6. The van der Waals surface area contributed by atoms with Crippen molar-refractivity contribution >= 4 is 49.3 Å². The molecule has 0 N–H and O–H groups in total. The number of aromatic nitrogens is 4. The van der Waals surface area contributed by atoms with Gasteiger partial charge in [0, 0.05) is 44.0 Å². The summed E-state index contributed by atoms with van der Waals surface area (Å²) < 4.78 is 4.63. The van der Waals surface area contributed by atoms with Gasteiger partial charge in [0.1, 0.15) is 0 Å².